The second kappa shape index (κ2) is 7.94. The van der Waals surface area contributed by atoms with E-state index in [4.69, 9.17) is 4.74 Å². The standard InChI is InChI=1S/C24H33NO/c1-19-10-12-22(13-11-19)24(15-17-26-23(3,4)18-24)14-16-25-20(2)21-8-6-5-7-9-21/h5-13,20,25H,14-18H2,1-4H3/t20-,24-/m0/s1. The van der Waals surface area contributed by atoms with Crippen molar-refractivity contribution in [2.75, 3.05) is 13.2 Å². The summed E-state index contributed by atoms with van der Waals surface area (Å²) in [4.78, 5) is 0. The zero-order valence-electron chi connectivity index (χ0n) is 16.7. The van der Waals surface area contributed by atoms with Gasteiger partial charge in [-0.1, -0.05) is 60.2 Å². The summed E-state index contributed by atoms with van der Waals surface area (Å²) in [6.45, 7) is 10.7. The lowest BCUT2D eigenvalue weighted by Crippen LogP contribution is -2.45. The Balaban J connectivity index is 1.73. The van der Waals surface area contributed by atoms with Crippen molar-refractivity contribution in [1.82, 2.24) is 5.32 Å². The van der Waals surface area contributed by atoms with E-state index in [-0.39, 0.29) is 11.0 Å². The van der Waals surface area contributed by atoms with Crippen molar-refractivity contribution in [2.24, 2.45) is 0 Å². The first-order chi connectivity index (χ1) is 12.4. The van der Waals surface area contributed by atoms with Gasteiger partial charge in [-0.05, 0) is 64.6 Å². The Morgan fingerprint density at radius 2 is 1.73 bits per heavy atom. The van der Waals surface area contributed by atoms with Crippen LogP contribution in [0.4, 0.5) is 0 Å². The second-order valence-electron chi connectivity index (χ2n) is 8.52. The SMILES string of the molecule is Cc1ccc([C@@]2(CCN[C@@H](C)c3ccccc3)CCOC(C)(C)C2)cc1. The molecule has 140 valence electrons. The van der Waals surface area contributed by atoms with Crippen molar-refractivity contribution >= 4 is 0 Å². The van der Waals surface area contributed by atoms with Crippen LogP contribution >= 0.6 is 0 Å². The second-order valence-corrected chi connectivity index (χ2v) is 8.52. The van der Waals surface area contributed by atoms with Crippen LogP contribution in [-0.4, -0.2) is 18.8 Å². The maximum absolute atomic E-state index is 6.04. The molecule has 2 atom stereocenters. The minimum Gasteiger partial charge on any atom is -0.376 e. The van der Waals surface area contributed by atoms with E-state index in [1.165, 1.54) is 16.7 Å². The predicted molar refractivity (Wildman–Crippen MR) is 110 cm³/mol. The summed E-state index contributed by atoms with van der Waals surface area (Å²) in [7, 11) is 0. The van der Waals surface area contributed by atoms with Gasteiger partial charge >= 0.3 is 0 Å². The number of nitrogens with one attached hydrogen (secondary N) is 1. The number of ether oxygens (including phenoxy) is 1. The zero-order chi connectivity index (χ0) is 18.6. The summed E-state index contributed by atoms with van der Waals surface area (Å²) in [6, 6.07) is 20.2. The van der Waals surface area contributed by atoms with Crippen molar-refractivity contribution in [3.63, 3.8) is 0 Å². The lowest BCUT2D eigenvalue weighted by molar-refractivity contribution is -0.0840. The summed E-state index contributed by atoms with van der Waals surface area (Å²) < 4.78 is 6.04. The predicted octanol–water partition coefficient (Wildman–Crippen LogP) is 5.56. The van der Waals surface area contributed by atoms with Gasteiger partial charge in [-0.25, -0.2) is 0 Å². The van der Waals surface area contributed by atoms with Crippen molar-refractivity contribution in [3.05, 3.63) is 71.3 Å². The monoisotopic (exact) mass is 351 g/mol. The Hall–Kier alpha value is -1.64. The highest BCUT2D eigenvalue weighted by Gasteiger charge is 2.41. The smallest absolute Gasteiger partial charge is 0.0635 e. The zero-order valence-corrected chi connectivity index (χ0v) is 16.7. The van der Waals surface area contributed by atoms with Crippen LogP contribution in [0.1, 0.15) is 62.8 Å². The van der Waals surface area contributed by atoms with Gasteiger partial charge in [0.1, 0.15) is 0 Å². The van der Waals surface area contributed by atoms with Gasteiger partial charge in [-0.3, -0.25) is 0 Å². The molecule has 0 bridgehead atoms. The van der Waals surface area contributed by atoms with E-state index in [0.29, 0.717) is 6.04 Å². The van der Waals surface area contributed by atoms with Gasteiger partial charge < -0.3 is 10.1 Å². The minimum absolute atomic E-state index is 0.0613. The molecule has 26 heavy (non-hydrogen) atoms. The van der Waals surface area contributed by atoms with Crippen molar-refractivity contribution < 1.29 is 4.74 Å². The van der Waals surface area contributed by atoms with Crippen LogP contribution in [0.15, 0.2) is 54.6 Å². The van der Waals surface area contributed by atoms with E-state index in [1.54, 1.807) is 0 Å². The summed E-state index contributed by atoms with van der Waals surface area (Å²) in [5.74, 6) is 0. The number of benzene rings is 2. The summed E-state index contributed by atoms with van der Waals surface area (Å²) in [6.07, 6.45) is 3.31. The van der Waals surface area contributed by atoms with Crippen LogP contribution < -0.4 is 5.32 Å². The van der Waals surface area contributed by atoms with Crippen LogP contribution in [0.25, 0.3) is 0 Å². The van der Waals surface area contributed by atoms with Crippen LogP contribution in [0, 0.1) is 6.92 Å². The maximum atomic E-state index is 6.04. The summed E-state index contributed by atoms with van der Waals surface area (Å²) >= 11 is 0. The molecule has 1 aliphatic heterocycles. The lowest BCUT2D eigenvalue weighted by atomic mass is 9.67. The molecule has 2 aromatic carbocycles. The first kappa shape index (κ1) is 19.1. The molecule has 1 N–H and O–H groups in total. The Bertz CT molecular complexity index is 692. The van der Waals surface area contributed by atoms with E-state index in [2.05, 4.69) is 87.6 Å². The van der Waals surface area contributed by atoms with Crippen molar-refractivity contribution in [3.8, 4) is 0 Å². The Morgan fingerprint density at radius 1 is 1.04 bits per heavy atom. The molecule has 1 heterocycles. The molecule has 0 unspecified atom stereocenters. The maximum Gasteiger partial charge on any atom is 0.0635 e. The molecule has 0 spiro atoms. The number of aryl methyl sites for hydroxylation is 1. The van der Waals surface area contributed by atoms with Crippen LogP contribution in [0.3, 0.4) is 0 Å². The molecule has 1 fully saturated rings. The third-order valence-corrected chi connectivity index (χ3v) is 5.86. The van der Waals surface area contributed by atoms with Gasteiger partial charge in [-0.15, -0.1) is 0 Å². The van der Waals surface area contributed by atoms with Gasteiger partial charge in [0.15, 0.2) is 0 Å². The fraction of sp³-hybridized carbons (Fsp3) is 0.500. The average Bonchev–Trinajstić information content (AvgIpc) is 2.62. The van der Waals surface area contributed by atoms with E-state index in [1.807, 2.05) is 0 Å². The Labute approximate surface area is 159 Å². The Kier molecular flexibility index (Phi) is 5.84. The van der Waals surface area contributed by atoms with Gasteiger partial charge in [-0.2, -0.15) is 0 Å². The van der Waals surface area contributed by atoms with E-state index < -0.39 is 0 Å². The number of rotatable bonds is 6. The third-order valence-electron chi connectivity index (χ3n) is 5.86. The lowest BCUT2D eigenvalue weighted by Gasteiger charge is -2.46. The molecule has 2 heteroatoms. The van der Waals surface area contributed by atoms with Gasteiger partial charge in [0.25, 0.3) is 0 Å². The number of hydrogen-bond acceptors (Lipinski definition) is 2. The molecule has 0 aliphatic carbocycles. The molecule has 3 rings (SSSR count). The van der Waals surface area contributed by atoms with Crippen LogP contribution in [-0.2, 0) is 10.2 Å². The fourth-order valence-corrected chi connectivity index (χ4v) is 4.38. The van der Waals surface area contributed by atoms with Gasteiger partial charge in [0.05, 0.1) is 5.60 Å². The average molecular weight is 352 g/mol. The molecule has 0 aromatic heterocycles. The van der Waals surface area contributed by atoms with Crippen LogP contribution in [0.2, 0.25) is 0 Å². The fourth-order valence-electron chi connectivity index (χ4n) is 4.38. The molecule has 2 nitrogen and oxygen atoms in total. The largest absolute Gasteiger partial charge is 0.376 e. The summed E-state index contributed by atoms with van der Waals surface area (Å²) in [5.41, 5.74) is 4.27. The first-order valence-electron chi connectivity index (χ1n) is 9.90. The quantitative estimate of drug-likeness (QED) is 0.735. The van der Waals surface area contributed by atoms with Crippen LogP contribution in [0.5, 0.6) is 0 Å². The summed E-state index contributed by atoms with van der Waals surface area (Å²) in [5, 5.41) is 3.74. The first-order valence-corrected chi connectivity index (χ1v) is 9.90. The normalized spacial score (nSPS) is 23.5. The van der Waals surface area contributed by atoms with Crippen molar-refractivity contribution in [1.29, 1.82) is 0 Å². The highest BCUT2D eigenvalue weighted by molar-refractivity contribution is 5.30. The molecule has 1 aliphatic rings. The van der Waals surface area contributed by atoms with E-state index in [9.17, 15) is 0 Å². The Morgan fingerprint density at radius 3 is 2.38 bits per heavy atom. The molecule has 0 amide bonds. The number of hydrogen-bond donors (Lipinski definition) is 1. The minimum atomic E-state index is -0.0613. The van der Waals surface area contributed by atoms with Gasteiger partial charge in [0, 0.05) is 18.1 Å². The topological polar surface area (TPSA) is 21.3 Å². The van der Waals surface area contributed by atoms with Gasteiger partial charge in [0.2, 0.25) is 0 Å². The van der Waals surface area contributed by atoms with E-state index in [0.717, 1.165) is 32.4 Å². The molecular weight excluding hydrogens is 318 g/mol. The van der Waals surface area contributed by atoms with Crippen molar-refractivity contribution in [2.45, 2.75) is 64.0 Å². The highest BCUT2D eigenvalue weighted by atomic mass is 16.5. The molecule has 0 radical (unpaired) electrons. The molecule has 0 saturated carbocycles. The van der Waals surface area contributed by atoms with E-state index >= 15 is 0 Å². The molecule has 2 aromatic rings. The molecule has 1 saturated heterocycles. The molecular formula is C24H33NO. The highest BCUT2D eigenvalue weighted by Crippen LogP contribution is 2.44. The third kappa shape index (κ3) is 4.55.